The Bertz CT molecular complexity index is 2760. The van der Waals surface area contributed by atoms with Gasteiger partial charge in [0.25, 0.3) is 0 Å². The fraction of sp³-hybridized carbons (Fsp3) is 0.111. The fourth-order valence-corrected chi connectivity index (χ4v) is 9.85. The standard InChI is InChI=1S/C54H40/c1-2-12-35(13-3-1)38-14-10-15-39(32-38)40-16-11-17-42(33-40)54-50-22-8-6-20-48(50)53(49-21-7-9-23-51(49)54)37-26-24-36(25-27-37)41-28-29-47-46-31-30-45(46)43-18-4-5-19-44(43)52(47)34-41/h1-3,5-17,19-29,32-34,45-46H,4,18,30-31H2. The zero-order valence-corrected chi connectivity index (χ0v) is 30.3. The maximum Gasteiger partial charge on any atom is -0.00262 e. The van der Waals surface area contributed by atoms with Gasteiger partial charge >= 0.3 is 0 Å². The molecule has 2 unspecified atom stereocenters. The monoisotopic (exact) mass is 688 g/mol. The van der Waals surface area contributed by atoms with Crippen LogP contribution in [0, 0.1) is 5.92 Å². The normalized spacial score (nSPS) is 17.2. The van der Waals surface area contributed by atoms with E-state index in [9.17, 15) is 0 Å². The van der Waals surface area contributed by atoms with Crippen molar-refractivity contribution in [2.24, 2.45) is 5.92 Å². The van der Waals surface area contributed by atoms with Gasteiger partial charge in [0.2, 0.25) is 0 Å². The van der Waals surface area contributed by atoms with Gasteiger partial charge in [0.1, 0.15) is 0 Å². The van der Waals surface area contributed by atoms with Gasteiger partial charge in [0.15, 0.2) is 0 Å². The van der Waals surface area contributed by atoms with Crippen LogP contribution in [0.5, 0.6) is 0 Å². The molecule has 11 rings (SSSR count). The Kier molecular flexibility index (Phi) is 7.37. The molecule has 1 fully saturated rings. The predicted octanol–water partition coefficient (Wildman–Crippen LogP) is 14.9. The van der Waals surface area contributed by atoms with E-state index in [2.05, 4.69) is 182 Å². The van der Waals surface area contributed by atoms with Crippen LogP contribution >= 0.6 is 0 Å². The van der Waals surface area contributed by atoms with E-state index in [4.69, 9.17) is 0 Å². The van der Waals surface area contributed by atoms with Crippen molar-refractivity contribution in [2.45, 2.75) is 31.6 Å². The van der Waals surface area contributed by atoms with Gasteiger partial charge in [-0.25, -0.2) is 0 Å². The lowest BCUT2D eigenvalue weighted by atomic mass is 9.59. The van der Waals surface area contributed by atoms with Crippen molar-refractivity contribution in [1.82, 2.24) is 0 Å². The summed E-state index contributed by atoms with van der Waals surface area (Å²) in [4.78, 5) is 0. The first kappa shape index (κ1) is 31.3. The topological polar surface area (TPSA) is 0 Å². The summed E-state index contributed by atoms with van der Waals surface area (Å²) in [5, 5.41) is 5.11. The quantitative estimate of drug-likeness (QED) is 0.158. The van der Waals surface area contributed by atoms with E-state index in [-0.39, 0.29) is 0 Å². The molecule has 0 heterocycles. The van der Waals surface area contributed by atoms with Crippen molar-refractivity contribution in [3.8, 4) is 55.6 Å². The summed E-state index contributed by atoms with van der Waals surface area (Å²) in [5.41, 5.74) is 18.9. The SMILES string of the molecule is C1=CC2=C(CC1)C1CCC1c1ccc(-c3ccc(-c4c5ccccc5c(-c5cccc(-c6cccc(-c7ccccc7)c6)c5)c5ccccc45)cc3)cc12. The van der Waals surface area contributed by atoms with E-state index in [1.54, 1.807) is 11.1 Å². The van der Waals surface area contributed by atoms with Crippen LogP contribution in [-0.2, 0) is 0 Å². The molecule has 3 aliphatic rings. The summed E-state index contributed by atoms with van der Waals surface area (Å²) in [6.45, 7) is 0. The molecule has 0 N–H and O–H groups in total. The second kappa shape index (κ2) is 12.7. The lowest BCUT2D eigenvalue weighted by Crippen LogP contribution is -2.30. The number of rotatable bonds is 5. The minimum atomic E-state index is 0.722. The van der Waals surface area contributed by atoms with E-state index >= 15 is 0 Å². The molecule has 0 aromatic heterocycles. The highest BCUT2D eigenvalue weighted by Gasteiger charge is 2.40. The maximum atomic E-state index is 2.48. The lowest BCUT2D eigenvalue weighted by Gasteiger charge is -2.45. The zero-order chi connectivity index (χ0) is 35.6. The molecule has 8 aromatic carbocycles. The van der Waals surface area contributed by atoms with Crippen LogP contribution in [0.3, 0.4) is 0 Å². The summed E-state index contributed by atoms with van der Waals surface area (Å²) in [7, 11) is 0. The van der Waals surface area contributed by atoms with Gasteiger partial charge in [-0.1, -0.05) is 169 Å². The first-order valence-electron chi connectivity index (χ1n) is 19.6. The lowest BCUT2D eigenvalue weighted by molar-refractivity contribution is 0.289. The number of hydrogen-bond donors (Lipinski definition) is 0. The van der Waals surface area contributed by atoms with E-state index in [1.165, 1.54) is 114 Å². The first-order chi connectivity index (χ1) is 26.8. The third kappa shape index (κ3) is 5.05. The van der Waals surface area contributed by atoms with Crippen LogP contribution in [0.2, 0.25) is 0 Å². The minimum absolute atomic E-state index is 0.722. The van der Waals surface area contributed by atoms with Gasteiger partial charge in [-0.2, -0.15) is 0 Å². The van der Waals surface area contributed by atoms with Crippen molar-refractivity contribution in [2.75, 3.05) is 0 Å². The number of allylic oxidation sites excluding steroid dienone is 4. The van der Waals surface area contributed by atoms with Gasteiger partial charge in [-0.3, -0.25) is 0 Å². The Hall–Kier alpha value is -6.24. The molecule has 0 radical (unpaired) electrons. The fourth-order valence-electron chi connectivity index (χ4n) is 9.85. The highest BCUT2D eigenvalue weighted by atomic mass is 14.4. The molecule has 2 atom stereocenters. The van der Waals surface area contributed by atoms with Crippen molar-refractivity contribution in [3.05, 3.63) is 199 Å². The molecule has 0 heteroatoms. The molecule has 0 aliphatic heterocycles. The second-order valence-corrected chi connectivity index (χ2v) is 15.4. The third-order valence-electron chi connectivity index (χ3n) is 12.6. The molecule has 1 saturated carbocycles. The van der Waals surface area contributed by atoms with E-state index in [0.29, 0.717) is 0 Å². The van der Waals surface area contributed by atoms with E-state index < -0.39 is 0 Å². The first-order valence-corrected chi connectivity index (χ1v) is 19.6. The summed E-state index contributed by atoms with van der Waals surface area (Å²) in [6, 6.07) is 63.3. The number of benzene rings is 8. The Morgan fingerprint density at radius 1 is 0.370 bits per heavy atom. The largest absolute Gasteiger partial charge is 0.0836 e. The summed E-state index contributed by atoms with van der Waals surface area (Å²) in [5.74, 6) is 1.50. The van der Waals surface area contributed by atoms with Gasteiger partial charge in [-0.05, 0) is 150 Å². The predicted molar refractivity (Wildman–Crippen MR) is 229 cm³/mol. The smallest absolute Gasteiger partial charge is 0.00262 e. The highest BCUT2D eigenvalue weighted by molar-refractivity contribution is 6.21. The third-order valence-corrected chi connectivity index (χ3v) is 12.6. The maximum absolute atomic E-state index is 2.48. The molecule has 8 aromatic rings. The zero-order valence-electron chi connectivity index (χ0n) is 30.3. The van der Waals surface area contributed by atoms with Gasteiger partial charge in [0.05, 0.1) is 0 Å². The Balaban J connectivity index is 1.01. The molecular formula is C54H40. The summed E-state index contributed by atoms with van der Waals surface area (Å²) < 4.78 is 0. The molecule has 3 aliphatic carbocycles. The van der Waals surface area contributed by atoms with Crippen molar-refractivity contribution in [3.63, 3.8) is 0 Å². The summed E-state index contributed by atoms with van der Waals surface area (Å²) >= 11 is 0. The van der Waals surface area contributed by atoms with Crippen LogP contribution in [-0.4, -0.2) is 0 Å². The van der Waals surface area contributed by atoms with Gasteiger partial charge < -0.3 is 0 Å². The van der Waals surface area contributed by atoms with Crippen LogP contribution < -0.4 is 0 Å². The van der Waals surface area contributed by atoms with Crippen molar-refractivity contribution in [1.29, 1.82) is 0 Å². The Morgan fingerprint density at radius 3 is 1.50 bits per heavy atom. The molecule has 0 nitrogen and oxygen atoms in total. The molecule has 0 spiro atoms. The van der Waals surface area contributed by atoms with E-state index in [0.717, 1.165) is 11.8 Å². The highest BCUT2D eigenvalue weighted by Crippen LogP contribution is 2.56. The van der Waals surface area contributed by atoms with Crippen molar-refractivity contribution >= 4 is 27.1 Å². The van der Waals surface area contributed by atoms with Crippen LogP contribution in [0.4, 0.5) is 0 Å². The molecular weight excluding hydrogens is 649 g/mol. The van der Waals surface area contributed by atoms with Gasteiger partial charge in [0, 0.05) is 0 Å². The minimum Gasteiger partial charge on any atom is -0.0836 e. The Labute approximate surface area is 317 Å². The van der Waals surface area contributed by atoms with Crippen molar-refractivity contribution < 1.29 is 0 Å². The van der Waals surface area contributed by atoms with Gasteiger partial charge in [-0.15, -0.1) is 0 Å². The molecule has 0 saturated heterocycles. The average molecular weight is 689 g/mol. The van der Waals surface area contributed by atoms with Crippen LogP contribution in [0.1, 0.15) is 42.7 Å². The average Bonchev–Trinajstić information content (AvgIpc) is 3.23. The number of fused-ring (bicyclic) bond motifs is 7. The molecule has 0 bridgehead atoms. The summed E-state index contributed by atoms with van der Waals surface area (Å²) in [6.07, 6.45) is 9.92. The van der Waals surface area contributed by atoms with Crippen LogP contribution in [0.25, 0.3) is 82.8 Å². The number of hydrogen-bond acceptors (Lipinski definition) is 0. The Morgan fingerprint density at radius 2 is 0.852 bits per heavy atom. The molecule has 54 heavy (non-hydrogen) atoms. The van der Waals surface area contributed by atoms with E-state index in [1.807, 2.05) is 0 Å². The molecule has 256 valence electrons. The van der Waals surface area contributed by atoms with Crippen LogP contribution in [0.15, 0.2) is 188 Å². The second-order valence-electron chi connectivity index (χ2n) is 15.4. The molecule has 0 amide bonds.